The first-order chi connectivity index (χ1) is 8.15. The molecule has 0 bridgehead atoms. The molecule has 0 unspecified atom stereocenters. The lowest BCUT2D eigenvalue weighted by Gasteiger charge is -2.09. The molecule has 0 heterocycles. The van der Waals surface area contributed by atoms with Crippen molar-refractivity contribution < 1.29 is 9.53 Å². The fourth-order valence-electron chi connectivity index (χ4n) is 1.61. The number of hydrogen-bond donors (Lipinski definition) is 1. The third-order valence-electron chi connectivity index (χ3n) is 2.84. The van der Waals surface area contributed by atoms with Crippen molar-refractivity contribution in [1.82, 2.24) is 5.32 Å². The maximum absolute atomic E-state index is 11.4. The average molecular weight is 233 g/mol. The lowest BCUT2D eigenvalue weighted by atomic mass is 10.0. The van der Waals surface area contributed by atoms with Crippen molar-refractivity contribution in [2.75, 3.05) is 6.61 Å². The molecule has 1 aromatic rings. The molecule has 1 fully saturated rings. The van der Waals surface area contributed by atoms with Crippen molar-refractivity contribution in [3.05, 3.63) is 29.8 Å². The van der Waals surface area contributed by atoms with Gasteiger partial charge in [-0.2, -0.15) is 0 Å². The average Bonchev–Trinajstić information content (AvgIpc) is 3.11. The van der Waals surface area contributed by atoms with Gasteiger partial charge in [0, 0.05) is 6.04 Å². The first-order valence-corrected chi connectivity index (χ1v) is 6.17. The van der Waals surface area contributed by atoms with Gasteiger partial charge in [0.1, 0.15) is 5.75 Å². The highest BCUT2D eigenvalue weighted by Crippen LogP contribution is 2.20. The van der Waals surface area contributed by atoms with Gasteiger partial charge in [0.05, 0.1) is 0 Å². The van der Waals surface area contributed by atoms with Gasteiger partial charge in [0.2, 0.25) is 0 Å². The Balaban J connectivity index is 1.84. The molecule has 0 aliphatic heterocycles. The predicted octanol–water partition coefficient (Wildman–Crippen LogP) is 2.47. The fourth-order valence-corrected chi connectivity index (χ4v) is 1.61. The number of carbonyl (C=O) groups is 1. The van der Waals surface area contributed by atoms with Gasteiger partial charge in [0.15, 0.2) is 6.61 Å². The minimum absolute atomic E-state index is 0.0255. The van der Waals surface area contributed by atoms with Crippen LogP contribution in [-0.2, 0) is 4.79 Å². The van der Waals surface area contributed by atoms with Crippen LogP contribution in [0.25, 0.3) is 0 Å². The number of benzene rings is 1. The molecule has 92 valence electrons. The van der Waals surface area contributed by atoms with Crippen molar-refractivity contribution in [2.24, 2.45) is 0 Å². The van der Waals surface area contributed by atoms with Crippen LogP contribution in [0.3, 0.4) is 0 Å². The topological polar surface area (TPSA) is 38.3 Å². The van der Waals surface area contributed by atoms with E-state index in [2.05, 4.69) is 25.2 Å². The van der Waals surface area contributed by atoms with Gasteiger partial charge in [-0.25, -0.2) is 0 Å². The van der Waals surface area contributed by atoms with Gasteiger partial charge in [-0.3, -0.25) is 4.79 Å². The van der Waals surface area contributed by atoms with E-state index in [1.54, 1.807) is 0 Å². The van der Waals surface area contributed by atoms with Gasteiger partial charge in [-0.05, 0) is 36.5 Å². The number of carbonyl (C=O) groups excluding carboxylic acids is 1. The molecule has 1 N–H and O–H groups in total. The summed E-state index contributed by atoms with van der Waals surface area (Å²) in [6.07, 6.45) is 2.21. The second kappa shape index (κ2) is 5.21. The summed E-state index contributed by atoms with van der Waals surface area (Å²) in [5, 5.41) is 2.90. The largest absolute Gasteiger partial charge is 0.484 e. The van der Waals surface area contributed by atoms with Crippen molar-refractivity contribution in [2.45, 2.75) is 38.6 Å². The lowest BCUT2D eigenvalue weighted by molar-refractivity contribution is -0.123. The Morgan fingerprint density at radius 1 is 1.47 bits per heavy atom. The summed E-state index contributed by atoms with van der Waals surface area (Å²) < 4.78 is 5.48. The van der Waals surface area contributed by atoms with Crippen molar-refractivity contribution in [3.63, 3.8) is 0 Å². The van der Waals surface area contributed by atoms with Crippen molar-refractivity contribution in [1.29, 1.82) is 0 Å². The van der Waals surface area contributed by atoms with Gasteiger partial charge in [0.25, 0.3) is 5.91 Å². The quantitative estimate of drug-likeness (QED) is 0.848. The highest BCUT2D eigenvalue weighted by Gasteiger charge is 2.23. The summed E-state index contributed by atoms with van der Waals surface area (Å²) in [6, 6.07) is 8.31. The highest BCUT2D eigenvalue weighted by atomic mass is 16.5. The lowest BCUT2D eigenvalue weighted by Crippen LogP contribution is -2.30. The number of ether oxygens (including phenoxy) is 1. The van der Waals surface area contributed by atoms with Crippen LogP contribution in [0.5, 0.6) is 5.75 Å². The molecule has 0 spiro atoms. The Bertz CT molecular complexity index is 397. The maximum Gasteiger partial charge on any atom is 0.258 e. The Hall–Kier alpha value is -1.51. The van der Waals surface area contributed by atoms with Crippen LogP contribution in [-0.4, -0.2) is 18.6 Å². The normalized spacial score (nSPS) is 14.8. The molecular weight excluding hydrogens is 214 g/mol. The monoisotopic (exact) mass is 233 g/mol. The molecule has 1 amide bonds. The van der Waals surface area contributed by atoms with Crippen LogP contribution < -0.4 is 10.1 Å². The molecule has 1 aliphatic rings. The number of nitrogens with one attached hydrogen (secondary N) is 1. The van der Waals surface area contributed by atoms with Crippen LogP contribution in [0.4, 0.5) is 0 Å². The first-order valence-electron chi connectivity index (χ1n) is 6.17. The molecule has 1 saturated carbocycles. The van der Waals surface area contributed by atoms with E-state index in [9.17, 15) is 4.79 Å². The minimum Gasteiger partial charge on any atom is -0.484 e. The van der Waals surface area contributed by atoms with Gasteiger partial charge in [-0.15, -0.1) is 0 Å². The van der Waals surface area contributed by atoms with E-state index in [4.69, 9.17) is 4.74 Å². The molecule has 17 heavy (non-hydrogen) atoms. The molecule has 2 rings (SSSR count). The molecule has 0 aromatic heterocycles. The fraction of sp³-hybridized carbons (Fsp3) is 0.500. The molecule has 1 aliphatic carbocycles. The molecule has 0 radical (unpaired) electrons. The third kappa shape index (κ3) is 3.77. The van der Waals surface area contributed by atoms with E-state index in [-0.39, 0.29) is 12.5 Å². The Kier molecular flexibility index (Phi) is 3.67. The molecule has 3 nitrogen and oxygen atoms in total. The molecule has 3 heteroatoms. The van der Waals surface area contributed by atoms with Gasteiger partial charge < -0.3 is 10.1 Å². The van der Waals surface area contributed by atoms with Crippen LogP contribution in [0, 0.1) is 0 Å². The summed E-state index contributed by atoms with van der Waals surface area (Å²) in [7, 11) is 0. The summed E-state index contributed by atoms with van der Waals surface area (Å²) in [5.74, 6) is 1.21. The zero-order chi connectivity index (χ0) is 12.3. The second-order valence-corrected chi connectivity index (χ2v) is 4.86. The van der Waals surface area contributed by atoms with E-state index in [1.807, 2.05) is 18.2 Å². The smallest absolute Gasteiger partial charge is 0.258 e. The molecular formula is C14H19NO2. The number of amides is 1. The summed E-state index contributed by atoms with van der Waals surface area (Å²) in [6.45, 7) is 4.38. The highest BCUT2D eigenvalue weighted by molar-refractivity contribution is 5.78. The molecule has 0 atom stereocenters. The standard InChI is InChI=1S/C14H19NO2/c1-10(2)11-4-3-5-13(8-11)17-9-14(16)15-12-6-7-12/h3-5,8,10,12H,6-7,9H2,1-2H3,(H,15,16). The van der Waals surface area contributed by atoms with E-state index in [0.29, 0.717) is 12.0 Å². The zero-order valence-electron chi connectivity index (χ0n) is 10.4. The second-order valence-electron chi connectivity index (χ2n) is 4.86. The van der Waals surface area contributed by atoms with E-state index >= 15 is 0 Å². The SMILES string of the molecule is CC(C)c1cccc(OCC(=O)NC2CC2)c1. The third-order valence-corrected chi connectivity index (χ3v) is 2.84. The van der Waals surface area contributed by atoms with Crippen molar-refractivity contribution in [3.8, 4) is 5.75 Å². The summed E-state index contributed by atoms with van der Waals surface area (Å²) >= 11 is 0. The van der Waals surface area contributed by atoms with Crippen LogP contribution in [0.1, 0.15) is 38.2 Å². The number of hydrogen-bond acceptors (Lipinski definition) is 2. The Morgan fingerprint density at radius 3 is 2.88 bits per heavy atom. The van der Waals surface area contributed by atoms with Crippen molar-refractivity contribution >= 4 is 5.91 Å². The minimum atomic E-state index is -0.0255. The van der Waals surface area contributed by atoms with Gasteiger partial charge >= 0.3 is 0 Å². The van der Waals surface area contributed by atoms with Crippen LogP contribution in [0.2, 0.25) is 0 Å². The van der Waals surface area contributed by atoms with Crippen LogP contribution >= 0.6 is 0 Å². The van der Waals surface area contributed by atoms with Crippen LogP contribution in [0.15, 0.2) is 24.3 Å². The predicted molar refractivity (Wildman–Crippen MR) is 67.2 cm³/mol. The summed E-state index contributed by atoms with van der Waals surface area (Å²) in [5.41, 5.74) is 1.23. The Morgan fingerprint density at radius 2 is 2.24 bits per heavy atom. The maximum atomic E-state index is 11.4. The molecule has 1 aromatic carbocycles. The Labute approximate surface area is 102 Å². The van der Waals surface area contributed by atoms with E-state index < -0.39 is 0 Å². The zero-order valence-corrected chi connectivity index (χ0v) is 10.4. The first kappa shape index (κ1) is 12.0. The van der Waals surface area contributed by atoms with Gasteiger partial charge in [-0.1, -0.05) is 26.0 Å². The summed E-state index contributed by atoms with van der Waals surface area (Å²) in [4.78, 5) is 11.4. The van der Waals surface area contributed by atoms with E-state index in [0.717, 1.165) is 18.6 Å². The van der Waals surface area contributed by atoms with E-state index in [1.165, 1.54) is 5.56 Å². The molecule has 0 saturated heterocycles. The number of rotatable bonds is 5.